The average Bonchev–Trinajstić information content (AvgIpc) is 3.29. The molecule has 0 saturated heterocycles. The summed E-state index contributed by atoms with van der Waals surface area (Å²) in [5, 5.41) is 0. The number of hydrogen-bond donors (Lipinski definition) is 1. The van der Waals surface area contributed by atoms with Gasteiger partial charge in [-0.1, -0.05) is 0 Å². The van der Waals surface area contributed by atoms with Crippen LogP contribution in [0.5, 0.6) is 5.75 Å². The number of benzene rings is 1. The number of ether oxygens (including phenoxy) is 2. The molecular formula is C15H20N2O4. The predicted molar refractivity (Wildman–Crippen MR) is 78.1 cm³/mol. The first-order chi connectivity index (χ1) is 10.0. The highest BCUT2D eigenvalue weighted by Gasteiger charge is 2.29. The maximum Gasteiger partial charge on any atom is 0.341 e. The summed E-state index contributed by atoms with van der Waals surface area (Å²) >= 11 is 0. The Labute approximate surface area is 123 Å². The van der Waals surface area contributed by atoms with Gasteiger partial charge in [0.05, 0.1) is 6.61 Å². The van der Waals surface area contributed by atoms with Gasteiger partial charge in [-0.05, 0) is 38.0 Å². The van der Waals surface area contributed by atoms with Crippen LogP contribution in [0.4, 0.5) is 5.69 Å². The number of carbonyl (C=O) groups is 2. The molecule has 114 valence electrons. The fraction of sp³-hybridized carbons (Fsp3) is 0.467. The van der Waals surface area contributed by atoms with Crippen LogP contribution in [0.15, 0.2) is 18.2 Å². The van der Waals surface area contributed by atoms with Crippen molar-refractivity contribution >= 4 is 17.6 Å². The van der Waals surface area contributed by atoms with Gasteiger partial charge < -0.3 is 20.1 Å². The summed E-state index contributed by atoms with van der Waals surface area (Å²) < 4.78 is 10.4. The zero-order chi connectivity index (χ0) is 15.4. The van der Waals surface area contributed by atoms with Gasteiger partial charge in [0.1, 0.15) is 11.3 Å². The van der Waals surface area contributed by atoms with Gasteiger partial charge in [-0.3, -0.25) is 4.79 Å². The van der Waals surface area contributed by atoms with Gasteiger partial charge in [0, 0.05) is 18.8 Å². The smallest absolute Gasteiger partial charge is 0.341 e. The van der Waals surface area contributed by atoms with Crippen LogP contribution in [0.2, 0.25) is 0 Å². The number of hydrogen-bond acceptors (Lipinski definition) is 5. The highest BCUT2D eigenvalue weighted by Crippen LogP contribution is 2.26. The molecular weight excluding hydrogens is 272 g/mol. The normalized spacial score (nSPS) is 13.6. The Balaban J connectivity index is 2.04. The summed E-state index contributed by atoms with van der Waals surface area (Å²) in [6.07, 6.45) is 2.08. The molecule has 0 aromatic heterocycles. The minimum Gasteiger partial charge on any atom is -0.483 e. The lowest BCUT2D eigenvalue weighted by Crippen LogP contribution is -2.33. The van der Waals surface area contributed by atoms with Crippen LogP contribution in [0.3, 0.4) is 0 Å². The van der Waals surface area contributed by atoms with Crippen molar-refractivity contribution in [1.82, 2.24) is 4.90 Å². The molecule has 2 N–H and O–H groups in total. The number of esters is 1. The van der Waals surface area contributed by atoms with Gasteiger partial charge in [-0.15, -0.1) is 0 Å². The van der Waals surface area contributed by atoms with Crippen molar-refractivity contribution in [2.45, 2.75) is 25.8 Å². The molecule has 0 unspecified atom stereocenters. The van der Waals surface area contributed by atoms with Gasteiger partial charge in [-0.25, -0.2) is 4.79 Å². The van der Waals surface area contributed by atoms with Crippen LogP contribution < -0.4 is 10.5 Å². The van der Waals surface area contributed by atoms with E-state index in [2.05, 4.69) is 0 Å². The van der Waals surface area contributed by atoms with E-state index in [1.165, 1.54) is 6.07 Å². The molecule has 0 heterocycles. The van der Waals surface area contributed by atoms with Crippen LogP contribution in [0.25, 0.3) is 0 Å². The fourth-order valence-corrected chi connectivity index (χ4v) is 1.95. The first-order valence-corrected chi connectivity index (χ1v) is 6.98. The van der Waals surface area contributed by atoms with Gasteiger partial charge in [0.15, 0.2) is 6.61 Å². The minimum atomic E-state index is -0.511. The second-order valence-electron chi connectivity index (χ2n) is 5.00. The van der Waals surface area contributed by atoms with Crippen LogP contribution >= 0.6 is 0 Å². The van der Waals surface area contributed by atoms with Crippen LogP contribution in [-0.4, -0.2) is 43.1 Å². The van der Waals surface area contributed by atoms with Crippen molar-refractivity contribution in [3.05, 3.63) is 23.8 Å². The van der Waals surface area contributed by atoms with Gasteiger partial charge >= 0.3 is 5.97 Å². The van der Waals surface area contributed by atoms with Crippen molar-refractivity contribution in [2.75, 3.05) is 26.0 Å². The molecule has 0 bridgehead atoms. The highest BCUT2D eigenvalue weighted by atomic mass is 16.5. The summed E-state index contributed by atoms with van der Waals surface area (Å²) in [6.45, 7) is 1.87. The molecule has 2 rings (SSSR count). The molecule has 0 atom stereocenters. The number of nitrogens with zero attached hydrogens (tertiary/aromatic N) is 1. The summed E-state index contributed by atoms with van der Waals surface area (Å²) in [6, 6.07) is 5.01. The maximum absolute atomic E-state index is 11.9. The van der Waals surface area contributed by atoms with Gasteiger partial charge in [-0.2, -0.15) is 0 Å². The van der Waals surface area contributed by atoms with Gasteiger partial charge in [0.25, 0.3) is 5.91 Å². The number of nitrogens with two attached hydrogens (primary N) is 1. The van der Waals surface area contributed by atoms with Crippen molar-refractivity contribution < 1.29 is 19.1 Å². The standard InChI is InChI=1S/C15H20N2O4/c1-3-20-15(19)12-8-10(16)4-7-13(12)21-9-14(18)17(2)11-5-6-11/h4,7-8,11H,3,5-6,9,16H2,1-2H3. The van der Waals surface area contributed by atoms with Crippen LogP contribution in [-0.2, 0) is 9.53 Å². The third-order valence-electron chi connectivity index (χ3n) is 3.34. The van der Waals surface area contributed by atoms with Crippen molar-refractivity contribution in [3.8, 4) is 5.75 Å². The van der Waals surface area contributed by atoms with Crippen molar-refractivity contribution in [1.29, 1.82) is 0 Å². The molecule has 1 saturated carbocycles. The molecule has 1 aliphatic rings. The first kappa shape index (κ1) is 15.2. The number of amides is 1. The minimum absolute atomic E-state index is 0.107. The average molecular weight is 292 g/mol. The van der Waals surface area contributed by atoms with Gasteiger partial charge in [0.2, 0.25) is 0 Å². The van der Waals surface area contributed by atoms with E-state index in [1.807, 2.05) is 0 Å². The van der Waals surface area contributed by atoms with Crippen molar-refractivity contribution in [3.63, 3.8) is 0 Å². The molecule has 1 amide bonds. The molecule has 1 aromatic rings. The van der Waals surface area contributed by atoms with Crippen LogP contribution in [0.1, 0.15) is 30.1 Å². The molecule has 0 spiro atoms. The molecule has 6 heteroatoms. The summed E-state index contributed by atoms with van der Waals surface area (Å²) in [4.78, 5) is 25.5. The van der Waals surface area contributed by atoms with E-state index in [0.717, 1.165) is 12.8 Å². The molecule has 1 aliphatic carbocycles. The Morgan fingerprint density at radius 2 is 2.10 bits per heavy atom. The van der Waals surface area contributed by atoms with E-state index in [4.69, 9.17) is 15.2 Å². The molecule has 0 radical (unpaired) electrons. The molecule has 1 fully saturated rings. The van der Waals surface area contributed by atoms with E-state index >= 15 is 0 Å². The zero-order valence-electron chi connectivity index (χ0n) is 12.3. The highest BCUT2D eigenvalue weighted by molar-refractivity contribution is 5.93. The Morgan fingerprint density at radius 3 is 2.71 bits per heavy atom. The second kappa shape index (κ2) is 6.47. The van der Waals surface area contributed by atoms with E-state index in [-0.39, 0.29) is 24.7 Å². The van der Waals surface area contributed by atoms with E-state index < -0.39 is 5.97 Å². The number of carbonyl (C=O) groups excluding carboxylic acids is 2. The van der Waals surface area contributed by atoms with E-state index in [0.29, 0.717) is 17.5 Å². The largest absolute Gasteiger partial charge is 0.483 e. The maximum atomic E-state index is 11.9. The summed E-state index contributed by atoms with van der Waals surface area (Å²) in [5.74, 6) is -0.313. The third-order valence-corrected chi connectivity index (χ3v) is 3.34. The molecule has 6 nitrogen and oxygen atoms in total. The lowest BCUT2D eigenvalue weighted by Gasteiger charge is -2.17. The van der Waals surface area contributed by atoms with Crippen molar-refractivity contribution in [2.24, 2.45) is 0 Å². The number of rotatable bonds is 6. The molecule has 21 heavy (non-hydrogen) atoms. The summed E-state index contributed by atoms with van der Waals surface area (Å²) in [5.41, 5.74) is 6.35. The lowest BCUT2D eigenvalue weighted by atomic mass is 10.2. The fourth-order valence-electron chi connectivity index (χ4n) is 1.95. The first-order valence-electron chi connectivity index (χ1n) is 6.98. The molecule has 1 aromatic carbocycles. The van der Waals surface area contributed by atoms with E-state index in [9.17, 15) is 9.59 Å². The Kier molecular flexibility index (Phi) is 4.67. The monoisotopic (exact) mass is 292 g/mol. The number of nitrogen functional groups attached to an aromatic ring is 1. The topological polar surface area (TPSA) is 81.9 Å². The second-order valence-corrected chi connectivity index (χ2v) is 5.00. The number of likely N-dealkylation sites (N-methyl/N-ethyl adjacent to an activating group) is 1. The lowest BCUT2D eigenvalue weighted by molar-refractivity contribution is -0.132. The molecule has 0 aliphatic heterocycles. The Bertz CT molecular complexity index is 540. The Hall–Kier alpha value is -2.24. The number of anilines is 1. The predicted octanol–water partition coefficient (Wildman–Crippen LogP) is 1.45. The zero-order valence-corrected chi connectivity index (χ0v) is 12.3. The quantitative estimate of drug-likeness (QED) is 0.634. The summed E-state index contributed by atoms with van der Waals surface area (Å²) in [7, 11) is 1.76. The van der Waals surface area contributed by atoms with E-state index in [1.54, 1.807) is 31.0 Å². The Morgan fingerprint density at radius 1 is 1.38 bits per heavy atom. The van der Waals surface area contributed by atoms with Crippen LogP contribution in [0, 0.1) is 0 Å². The SMILES string of the molecule is CCOC(=O)c1cc(N)ccc1OCC(=O)N(C)C1CC1. The third kappa shape index (κ3) is 3.87.